The summed E-state index contributed by atoms with van der Waals surface area (Å²) in [4.78, 5) is 45.6. The van der Waals surface area contributed by atoms with Gasteiger partial charge in [0.1, 0.15) is 0 Å². The molecule has 0 atom stereocenters. The standard InChI is InChI=1S/C17H9ClN4O3/c18-14-13(15(19)23)20-11-6-5-8(7-12(11)21-14)22-16(24)9-3-1-2-4-10(9)17(22)25/h1-7H,(H2,19,23). The number of fused-ring (bicyclic) bond motifs is 2. The molecule has 1 aliphatic rings. The molecular formula is C17H9ClN4O3. The summed E-state index contributed by atoms with van der Waals surface area (Å²) in [6.07, 6.45) is 0. The van der Waals surface area contributed by atoms with E-state index in [1.165, 1.54) is 6.07 Å². The molecule has 2 N–H and O–H groups in total. The number of hydrogen-bond donors (Lipinski definition) is 1. The monoisotopic (exact) mass is 352 g/mol. The van der Waals surface area contributed by atoms with E-state index in [1.54, 1.807) is 36.4 Å². The van der Waals surface area contributed by atoms with Crippen molar-refractivity contribution in [3.8, 4) is 0 Å². The minimum atomic E-state index is -0.788. The zero-order chi connectivity index (χ0) is 17.7. The molecular weight excluding hydrogens is 344 g/mol. The number of nitrogens with two attached hydrogens (primary N) is 1. The van der Waals surface area contributed by atoms with Crippen LogP contribution in [0.5, 0.6) is 0 Å². The largest absolute Gasteiger partial charge is 0.364 e. The summed E-state index contributed by atoms with van der Waals surface area (Å²) in [6.45, 7) is 0. The van der Waals surface area contributed by atoms with E-state index >= 15 is 0 Å². The molecule has 0 bridgehead atoms. The van der Waals surface area contributed by atoms with Gasteiger partial charge in [0, 0.05) is 0 Å². The van der Waals surface area contributed by atoms with Crippen molar-refractivity contribution in [3.63, 3.8) is 0 Å². The average molecular weight is 353 g/mol. The normalized spacial score (nSPS) is 13.4. The number of primary amides is 1. The molecule has 8 heteroatoms. The van der Waals surface area contributed by atoms with Crippen LogP contribution in [0.3, 0.4) is 0 Å². The Morgan fingerprint density at radius 3 is 2.20 bits per heavy atom. The molecule has 0 aliphatic carbocycles. The van der Waals surface area contributed by atoms with Crippen LogP contribution in [0.4, 0.5) is 5.69 Å². The number of aromatic nitrogens is 2. The number of carbonyl (C=O) groups excluding carboxylic acids is 3. The number of carbonyl (C=O) groups is 3. The van der Waals surface area contributed by atoms with Gasteiger partial charge < -0.3 is 5.73 Å². The van der Waals surface area contributed by atoms with Crippen LogP contribution in [0.2, 0.25) is 5.15 Å². The summed E-state index contributed by atoms with van der Waals surface area (Å²) in [5, 5.41) is -0.139. The maximum absolute atomic E-state index is 12.5. The lowest BCUT2D eigenvalue weighted by atomic mass is 10.1. The number of nitrogens with zero attached hydrogens (tertiary/aromatic N) is 3. The third kappa shape index (κ3) is 2.25. The van der Waals surface area contributed by atoms with E-state index in [4.69, 9.17) is 17.3 Å². The number of benzene rings is 2. The summed E-state index contributed by atoms with van der Waals surface area (Å²) >= 11 is 5.92. The van der Waals surface area contributed by atoms with E-state index in [0.717, 1.165) is 4.90 Å². The topological polar surface area (TPSA) is 106 Å². The first kappa shape index (κ1) is 15.2. The van der Waals surface area contributed by atoms with E-state index in [1.807, 2.05) is 0 Å². The van der Waals surface area contributed by atoms with E-state index in [9.17, 15) is 14.4 Å². The molecule has 3 amide bonds. The SMILES string of the molecule is NC(=O)c1nc2ccc(N3C(=O)c4ccccc4C3=O)cc2nc1Cl. The van der Waals surface area contributed by atoms with Gasteiger partial charge in [-0.2, -0.15) is 0 Å². The van der Waals surface area contributed by atoms with Crippen LogP contribution in [0, 0.1) is 0 Å². The Balaban J connectivity index is 1.83. The van der Waals surface area contributed by atoms with E-state index in [0.29, 0.717) is 27.8 Å². The Morgan fingerprint density at radius 1 is 0.960 bits per heavy atom. The molecule has 0 radical (unpaired) electrons. The van der Waals surface area contributed by atoms with Crippen molar-refractivity contribution < 1.29 is 14.4 Å². The van der Waals surface area contributed by atoms with Gasteiger partial charge in [0.15, 0.2) is 10.8 Å². The van der Waals surface area contributed by atoms with Crippen LogP contribution in [0.1, 0.15) is 31.2 Å². The molecule has 0 spiro atoms. The first-order chi connectivity index (χ1) is 12.0. The van der Waals surface area contributed by atoms with Crippen molar-refractivity contribution in [2.75, 3.05) is 4.90 Å². The fourth-order valence-electron chi connectivity index (χ4n) is 2.74. The molecule has 3 aromatic rings. The Labute approximate surface area is 146 Å². The molecule has 1 aromatic heterocycles. The second-order valence-electron chi connectivity index (χ2n) is 5.39. The predicted octanol–water partition coefficient (Wildman–Crippen LogP) is 2.18. The number of rotatable bonds is 2. The van der Waals surface area contributed by atoms with Crippen molar-refractivity contribution in [1.82, 2.24) is 9.97 Å². The van der Waals surface area contributed by atoms with Crippen LogP contribution in [0.25, 0.3) is 11.0 Å². The maximum Gasteiger partial charge on any atom is 0.270 e. The van der Waals surface area contributed by atoms with Crippen LogP contribution in [-0.2, 0) is 0 Å². The highest BCUT2D eigenvalue weighted by atomic mass is 35.5. The van der Waals surface area contributed by atoms with Crippen molar-refractivity contribution in [2.45, 2.75) is 0 Å². The molecule has 4 rings (SSSR count). The van der Waals surface area contributed by atoms with Crippen molar-refractivity contribution in [1.29, 1.82) is 0 Å². The third-order valence-electron chi connectivity index (χ3n) is 3.89. The lowest BCUT2D eigenvalue weighted by Crippen LogP contribution is -2.29. The van der Waals surface area contributed by atoms with E-state index in [-0.39, 0.29) is 10.8 Å². The number of imide groups is 1. The van der Waals surface area contributed by atoms with Crippen molar-refractivity contribution in [3.05, 3.63) is 64.4 Å². The highest BCUT2D eigenvalue weighted by Gasteiger charge is 2.36. The van der Waals surface area contributed by atoms with Gasteiger partial charge in [-0.05, 0) is 30.3 Å². The maximum atomic E-state index is 12.5. The van der Waals surface area contributed by atoms with Crippen molar-refractivity contribution >= 4 is 46.0 Å². The van der Waals surface area contributed by atoms with Gasteiger partial charge in [-0.15, -0.1) is 0 Å². The Hall–Kier alpha value is -3.32. The van der Waals surface area contributed by atoms with Gasteiger partial charge >= 0.3 is 0 Å². The number of amides is 3. The van der Waals surface area contributed by atoms with Gasteiger partial charge in [-0.1, -0.05) is 23.7 Å². The van der Waals surface area contributed by atoms with Gasteiger partial charge in [0.05, 0.1) is 27.8 Å². The quantitative estimate of drug-likeness (QED) is 0.711. The smallest absolute Gasteiger partial charge is 0.270 e. The molecule has 1 aliphatic heterocycles. The minimum Gasteiger partial charge on any atom is -0.364 e. The third-order valence-corrected chi connectivity index (χ3v) is 4.15. The molecule has 122 valence electrons. The molecule has 0 fully saturated rings. The Bertz CT molecular complexity index is 1060. The first-order valence-corrected chi connectivity index (χ1v) is 7.60. The summed E-state index contributed by atoms with van der Waals surface area (Å²) in [7, 11) is 0. The van der Waals surface area contributed by atoms with Crippen LogP contribution >= 0.6 is 11.6 Å². The molecule has 25 heavy (non-hydrogen) atoms. The van der Waals surface area contributed by atoms with Gasteiger partial charge in [0.25, 0.3) is 17.7 Å². The highest BCUT2D eigenvalue weighted by molar-refractivity contribution is 6.35. The lowest BCUT2D eigenvalue weighted by molar-refractivity contribution is 0.0924. The second-order valence-corrected chi connectivity index (χ2v) is 5.75. The molecule has 2 aromatic carbocycles. The van der Waals surface area contributed by atoms with Crippen molar-refractivity contribution in [2.24, 2.45) is 5.73 Å². The molecule has 0 unspecified atom stereocenters. The summed E-state index contributed by atoms with van der Waals surface area (Å²) in [5.74, 6) is -1.61. The summed E-state index contributed by atoms with van der Waals surface area (Å²) < 4.78 is 0. The van der Waals surface area contributed by atoms with Crippen LogP contribution < -0.4 is 10.6 Å². The number of halogens is 1. The van der Waals surface area contributed by atoms with E-state index < -0.39 is 17.7 Å². The zero-order valence-electron chi connectivity index (χ0n) is 12.6. The zero-order valence-corrected chi connectivity index (χ0v) is 13.3. The minimum absolute atomic E-state index is 0.136. The van der Waals surface area contributed by atoms with Crippen LogP contribution in [0.15, 0.2) is 42.5 Å². The summed E-state index contributed by atoms with van der Waals surface area (Å²) in [6, 6.07) is 11.2. The predicted molar refractivity (Wildman–Crippen MR) is 90.6 cm³/mol. The van der Waals surface area contributed by atoms with E-state index in [2.05, 4.69) is 9.97 Å². The number of anilines is 1. The Kier molecular flexibility index (Phi) is 3.26. The first-order valence-electron chi connectivity index (χ1n) is 7.22. The fraction of sp³-hybridized carbons (Fsp3) is 0. The molecule has 7 nitrogen and oxygen atoms in total. The lowest BCUT2D eigenvalue weighted by Gasteiger charge is -2.14. The van der Waals surface area contributed by atoms with Gasteiger partial charge in [0.2, 0.25) is 0 Å². The molecule has 0 saturated carbocycles. The molecule has 0 saturated heterocycles. The Morgan fingerprint density at radius 2 is 1.60 bits per heavy atom. The fourth-order valence-corrected chi connectivity index (χ4v) is 2.97. The number of hydrogen-bond acceptors (Lipinski definition) is 5. The highest BCUT2D eigenvalue weighted by Crippen LogP contribution is 2.30. The second kappa shape index (κ2) is 5.35. The van der Waals surface area contributed by atoms with Crippen LogP contribution in [-0.4, -0.2) is 27.7 Å². The average Bonchev–Trinajstić information content (AvgIpc) is 2.85. The molecule has 2 heterocycles. The van der Waals surface area contributed by atoms with Gasteiger partial charge in [-0.25, -0.2) is 14.9 Å². The van der Waals surface area contributed by atoms with Gasteiger partial charge in [-0.3, -0.25) is 14.4 Å². The summed E-state index contributed by atoms with van der Waals surface area (Å²) in [5.41, 5.74) is 6.81.